The Kier molecular flexibility index (Phi) is 2.33. The van der Waals surface area contributed by atoms with E-state index in [0.29, 0.717) is 0 Å². The number of hydrogen-bond donors (Lipinski definition) is 1. The second kappa shape index (κ2) is 3.40. The molecule has 6 nitrogen and oxygen atoms in total. The van der Waals surface area contributed by atoms with E-state index in [0.717, 1.165) is 12.8 Å². The number of thioether (sulfide) groups is 1. The number of aliphatic carboxylic acids is 1. The van der Waals surface area contributed by atoms with Gasteiger partial charge < -0.3 is 5.11 Å². The molecule has 1 aromatic heterocycles. The van der Waals surface area contributed by atoms with Crippen molar-refractivity contribution in [2.24, 2.45) is 0 Å². The largest absolute Gasteiger partial charge is 0.476 e. The number of alkyl halides is 2. The molecule has 0 radical (unpaired) electrons. The third-order valence-electron chi connectivity index (χ3n) is 1.82. The molecule has 1 fully saturated rings. The number of carbonyl (C=O) groups is 1. The van der Waals surface area contributed by atoms with Gasteiger partial charge in [0, 0.05) is 11.8 Å². The fourth-order valence-electron chi connectivity index (χ4n) is 0.959. The number of aromatic nitrogens is 4. The Labute approximate surface area is 86.6 Å². The Balaban J connectivity index is 2.16. The van der Waals surface area contributed by atoms with Gasteiger partial charge in [0.25, 0.3) is 0 Å². The molecular formula is C6H6F2N4O2S. The average molecular weight is 236 g/mol. The minimum Gasteiger partial charge on any atom is -0.476 e. The van der Waals surface area contributed by atoms with Crippen LogP contribution in [0.2, 0.25) is 0 Å². The van der Waals surface area contributed by atoms with Gasteiger partial charge in [0.2, 0.25) is 5.16 Å². The summed E-state index contributed by atoms with van der Waals surface area (Å²) in [6.45, 7) is 0. The summed E-state index contributed by atoms with van der Waals surface area (Å²) in [6.07, 6.45) is 1.66. The van der Waals surface area contributed by atoms with Crippen LogP contribution in [0.4, 0.5) is 8.78 Å². The quantitative estimate of drug-likeness (QED) is 0.778. The summed E-state index contributed by atoms with van der Waals surface area (Å²) in [5, 5.41) is 14.3. The Bertz CT molecular complexity index is 392. The van der Waals surface area contributed by atoms with Gasteiger partial charge in [-0.3, -0.25) is 0 Å². The van der Waals surface area contributed by atoms with Crippen molar-refractivity contribution in [2.75, 3.05) is 0 Å². The van der Waals surface area contributed by atoms with Gasteiger partial charge in [-0.2, -0.15) is 8.78 Å². The van der Waals surface area contributed by atoms with Crippen LogP contribution in [0.15, 0.2) is 5.16 Å². The maximum Gasteiger partial charge on any atom is 0.395 e. The average Bonchev–Trinajstić information content (AvgIpc) is 2.88. The van der Waals surface area contributed by atoms with Crippen LogP contribution in [0.3, 0.4) is 0 Å². The van der Waals surface area contributed by atoms with Crippen molar-refractivity contribution >= 4 is 17.7 Å². The lowest BCUT2D eigenvalue weighted by Gasteiger charge is -2.08. The van der Waals surface area contributed by atoms with Gasteiger partial charge in [-0.1, -0.05) is 0 Å². The lowest BCUT2D eigenvalue weighted by Crippen LogP contribution is -2.24. The molecule has 1 aliphatic rings. The lowest BCUT2D eigenvalue weighted by atomic mass is 10.7. The zero-order valence-corrected chi connectivity index (χ0v) is 8.12. The minimum atomic E-state index is -3.90. The van der Waals surface area contributed by atoms with E-state index in [1.54, 1.807) is 0 Å². The topological polar surface area (TPSA) is 80.9 Å². The van der Waals surface area contributed by atoms with Crippen molar-refractivity contribution in [3.8, 4) is 0 Å². The van der Waals surface area contributed by atoms with Crippen molar-refractivity contribution < 1.29 is 18.7 Å². The molecule has 1 aliphatic carbocycles. The molecule has 1 saturated carbocycles. The third kappa shape index (κ3) is 2.06. The number of rotatable bonds is 4. The zero-order chi connectivity index (χ0) is 11.1. The van der Waals surface area contributed by atoms with Crippen molar-refractivity contribution in [3.63, 3.8) is 0 Å². The predicted molar refractivity (Wildman–Crippen MR) is 44.5 cm³/mol. The highest BCUT2D eigenvalue weighted by Gasteiger charge is 2.43. The first-order valence-electron chi connectivity index (χ1n) is 4.09. The highest BCUT2D eigenvalue weighted by Crippen LogP contribution is 2.40. The molecule has 0 aliphatic heterocycles. The van der Waals surface area contributed by atoms with Gasteiger partial charge in [0.15, 0.2) is 0 Å². The Morgan fingerprint density at radius 1 is 1.60 bits per heavy atom. The van der Waals surface area contributed by atoms with Crippen molar-refractivity contribution in [2.45, 2.75) is 29.3 Å². The summed E-state index contributed by atoms with van der Waals surface area (Å²) in [6, 6.07) is 0.0343. The Morgan fingerprint density at radius 3 is 2.80 bits per heavy atom. The van der Waals surface area contributed by atoms with Gasteiger partial charge in [0.05, 0.1) is 6.04 Å². The number of nitrogens with zero attached hydrogens (tertiary/aromatic N) is 4. The fraction of sp³-hybridized carbons (Fsp3) is 0.667. The number of carboxylic acid groups (broad SMARTS) is 1. The van der Waals surface area contributed by atoms with Crippen LogP contribution in [-0.4, -0.2) is 36.5 Å². The van der Waals surface area contributed by atoms with E-state index >= 15 is 0 Å². The molecule has 1 N–H and O–H groups in total. The van der Waals surface area contributed by atoms with E-state index in [1.807, 2.05) is 0 Å². The first kappa shape index (κ1) is 10.3. The van der Waals surface area contributed by atoms with Gasteiger partial charge in [-0.25, -0.2) is 9.48 Å². The molecule has 0 unspecified atom stereocenters. The smallest absolute Gasteiger partial charge is 0.395 e. The molecule has 0 saturated heterocycles. The Hall–Kier alpha value is -1.25. The molecule has 1 aromatic rings. The summed E-state index contributed by atoms with van der Waals surface area (Å²) < 4.78 is 26.9. The van der Waals surface area contributed by atoms with E-state index in [4.69, 9.17) is 5.11 Å². The van der Waals surface area contributed by atoms with E-state index in [1.165, 1.54) is 4.68 Å². The number of hydrogen-bond acceptors (Lipinski definition) is 5. The van der Waals surface area contributed by atoms with Gasteiger partial charge >= 0.3 is 11.2 Å². The first-order chi connectivity index (χ1) is 7.00. The second-order valence-corrected chi connectivity index (χ2v) is 4.14. The Morgan fingerprint density at radius 2 is 2.27 bits per heavy atom. The maximum absolute atomic E-state index is 12.8. The first-order valence-corrected chi connectivity index (χ1v) is 4.90. The number of tetrazole rings is 1. The van der Waals surface area contributed by atoms with E-state index < -0.39 is 11.2 Å². The lowest BCUT2D eigenvalue weighted by molar-refractivity contribution is -0.152. The molecule has 0 atom stereocenters. The van der Waals surface area contributed by atoms with Crippen LogP contribution >= 0.6 is 11.8 Å². The summed E-state index contributed by atoms with van der Waals surface area (Å²) in [5.74, 6) is -2.20. The van der Waals surface area contributed by atoms with Crippen molar-refractivity contribution in [1.29, 1.82) is 0 Å². The fourth-order valence-corrected chi connectivity index (χ4v) is 1.63. The monoisotopic (exact) mass is 236 g/mol. The van der Waals surface area contributed by atoms with Gasteiger partial charge in [-0.05, 0) is 23.3 Å². The van der Waals surface area contributed by atoms with Crippen LogP contribution < -0.4 is 0 Å². The highest BCUT2D eigenvalue weighted by atomic mass is 32.2. The van der Waals surface area contributed by atoms with Gasteiger partial charge in [0.1, 0.15) is 0 Å². The van der Waals surface area contributed by atoms with Crippen LogP contribution in [-0.2, 0) is 4.79 Å². The summed E-state index contributed by atoms with van der Waals surface area (Å²) >= 11 is -0.150. The SMILES string of the molecule is O=C(O)C(F)(F)Sc1nnnn1C1CC1. The molecule has 0 spiro atoms. The van der Waals surface area contributed by atoms with E-state index in [9.17, 15) is 13.6 Å². The number of carboxylic acids is 1. The summed E-state index contributed by atoms with van der Waals surface area (Å²) in [5.41, 5.74) is 0. The highest BCUT2D eigenvalue weighted by molar-refractivity contribution is 8.00. The van der Waals surface area contributed by atoms with Crippen LogP contribution in [0, 0.1) is 0 Å². The second-order valence-electron chi connectivity index (χ2n) is 3.06. The maximum atomic E-state index is 12.8. The molecule has 0 aromatic carbocycles. The molecule has 82 valence electrons. The molecule has 0 amide bonds. The summed E-state index contributed by atoms with van der Waals surface area (Å²) in [7, 11) is 0. The molecule has 2 rings (SSSR count). The molecule has 0 bridgehead atoms. The number of halogens is 2. The van der Waals surface area contributed by atoms with E-state index in [2.05, 4.69) is 15.5 Å². The van der Waals surface area contributed by atoms with Gasteiger partial charge in [-0.15, -0.1) is 5.10 Å². The molecule has 15 heavy (non-hydrogen) atoms. The predicted octanol–water partition coefficient (Wildman–Crippen LogP) is 0.777. The van der Waals surface area contributed by atoms with E-state index in [-0.39, 0.29) is 23.0 Å². The van der Waals surface area contributed by atoms with Crippen molar-refractivity contribution in [3.05, 3.63) is 0 Å². The molecule has 9 heteroatoms. The van der Waals surface area contributed by atoms with Crippen LogP contribution in [0.25, 0.3) is 0 Å². The third-order valence-corrected chi connectivity index (χ3v) is 2.71. The van der Waals surface area contributed by atoms with Crippen LogP contribution in [0.1, 0.15) is 18.9 Å². The normalized spacial score (nSPS) is 16.7. The molecular weight excluding hydrogens is 230 g/mol. The zero-order valence-electron chi connectivity index (χ0n) is 7.30. The van der Waals surface area contributed by atoms with Crippen molar-refractivity contribution in [1.82, 2.24) is 20.2 Å². The molecule has 1 heterocycles. The summed E-state index contributed by atoms with van der Waals surface area (Å²) in [4.78, 5) is 10.2. The van der Waals surface area contributed by atoms with Crippen LogP contribution in [0.5, 0.6) is 0 Å². The minimum absolute atomic E-state index is 0.0343. The standard InChI is InChI=1S/C6H6F2N4O2S/c7-6(8,4(13)14)15-5-9-10-11-12(5)3-1-2-3/h3H,1-2H2,(H,13,14).